The third-order valence-corrected chi connectivity index (χ3v) is 3.21. The van der Waals surface area contributed by atoms with Crippen LogP contribution in [0.15, 0.2) is 0 Å². The Bertz CT molecular complexity index is 297. The molecule has 2 amide bonds. The maximum absolute atomic E-state index is 11.9. The highest BCUT2D eigenvalue weighted by molar-refractivity contribution is 5.82. The molecular formula is C13H25N3O3. The molecule has 19 heavy (non-hydrogen) atoms. The molecule has 0 spiro atoms. The van der Waals surface area contributed by atoms with Gasteiger partial charge >= 0.3 is 0 Å². The van der Waals surface area contributed by atoms with Crippen molar-refractivity contribution in [1.29, 1.82) is 0 Å². The lowest BCUT2D eigenvalue weighted by molar-refractivity contribution is -0.124. The molecule has 1 fully saturated rings. The molecule has 0 aliphatic carbocycles. The molecule has 1 rings (SSSR count). The topological polar surface area (TPSA) is 79.5 Å². The Morgan fingerprint density at radius 2 is 2.05 bits per heavy atom. The van der Waals surface area contributed by atoms with E-state index < -0.39 is 0 Å². The van der Waals surface area contributed by atoms with Gasteiger partial charge in [-0.1, -0.05) is 0 Å². The number of rotatable bonds is 7. The van der Waals surface area contributed by atoms with Gasteiger partial charge in [0.15, 0.2) is 0 Å². The van der Waals surface area contributed by atoms with Crippen LogP contribution >= 0.6 is 0 Å². The molecule has 110 valence electrons. The minimum atomic E-state index is -0.111. The zero-order valence-corrected chi connectivity index (χ0v) is 11.8. The minimum Gasteiger partial charge on any atom is -0.383 e. The molecule has 0 aromatic heterocycles. The Morgan fingerprint density at radius 1 is 1.26 bits per heavy atom. The molecule has 0 saturated carbocycles. The van der Waals surface area contributed by atoms with Crippen LogP contribution in [0.25, 0.3) is 0 Å². The van der Waals surface area contributed by atoms with E-state index in [0.29, 0.717) is 32.2 Å². The fourth-order valence-corrected chi connectivity index (χ4v) is 2.15. The van der Waals surface area contributed by atoms with Crippen LogP contribution in [0, 0.1) is 0 Å². The number of carbonyl (C=O) groups is 2. The molecular weight excluding hydrogens is 246 g/mol. The van der Waals surface area contributed by atoms with Crippen molar-refractivity contribution in [1.82, 2.24) is 16.0 Å². The van der Waals surface area contributed by atoms with E-state index in [9.17, 15) is 9.59 Å². The Labute approximate surface area is 114 Å². The average Bonchev–Trinajstić information content (AvgIpc) is 2.39. The van der Waals surface area contributed by atoms with E-state index in [4.69, 9.17) is 4.74 Å². The molecule has 0 aromatic carbocycles. The van der Waals surface area contributed by atoms with Crippen molar-refractivity contribution < 1.29 is 14.3 Å². The predicted octanol–water partition coefficient (Wildman–Crippen LogP) is -0.214. The van der Waals surface area contributed by atoms with Gasteiger partial charge in [-0.05, 0) is 26.2 Å². The van der Waals surface area contributed by atoms with E-state index in [1.807, 2.05) is 0 Å². The summed E-state index contributed by atoms with van der Waals surface area (Å²) in [5, 5.41) is 8.78. The number of hydrogen-bond donors (Lipinski definition) is 3. The van der Waals surface area contributed by atoms with Gasteiger partial charge in [-0.2, -0.15) is 0 Å². The normalized spacial score (nSPS) is 22.8. The first-order chi connectivity index (χ1) is 9.13. The van der Waals surface area contributed by atoms with Crippen molar-refractivity contribution in [2.24, 2.45) is 0 Å². The second-order valence-corrected chi connectivity index (χ2v) is 4.93. The Balaban J connectivity index is 2.11. The van der Waals surface area contributed by atoms with Gasteiger partial charge in [0, 0.05) is 32.7 Å². The first-order valence-electron chi connectivity index (χ1n) is 6.93. The predicted molar refractivity (Wildman–Crippen MR) is 72.7 cm³/mol. The average molecular weight is 271 g/mol. The van der Waals surface area contributed by atoms with Crippen LogP contribution in [0.5, 0.6) is 0 Å². The number of amides is 2. The van der Waals surface area contributed by atoms with Gasteiger partial charge in [-0.15, -0.1) is 0 Å². The SMILES string of the molecule is COCCNC(=O)CCNC(=O)C1CCCC(C)N1. The number of nitrogens with one attached hydrogen (secondary N) is 3. The summed E-state index contributed by atoms with van der Waals surface area (Å²) in [6.45, 7) is 3.47. The quantitative estimate of drug-likeness (QED) is 0.560. The van der Waals surface area contributed by atoms with Crippen molar-refractivity contribution in [3.05, 3.63) is 0 Å². The third kappa shape index (κ3) is 6.54. The Morgan fingerprint density at radius 3 is 2.74 bits per heavy atom. The molecule has 1 aliphatic heterocycles. The number of piperidine rings is 1. The van der Waals surface area contributed by atoms with Crippen molar-refractivity contribution in [2.45, 2.75) is 44.7 Å². The van der Waals surface area contributed by atoms with Crippen LogP contribution in [0.2, 0.25) is 0 Å². The summed E-state index contributed by atoms with van der Waals surface area (Å²) in [5.74, 6) is -0.0708. The molecule has 0 radical (unpaired) electrons. The first kappa shape index (κ1) is 15.9. The van der Waals surface area contributed by atoms with Gasteiger partial charge in [-0.25, -0.2) is 0 Å². The van der Waals surface area contributed by atoms with Crippen molar-refractivity contribution >= 4 is 11.8 Å². The van der Waals surface area contributed by atoms with Gasteiger partial charge in [0.2, 0.25) is 11.8 Å². The van der Waals surface area contributed by atoms with Crippen molar-refractivity contribution in [2.75, 3.05) is 26.8 Å². The maximum atomic E-state index is 11.9. The van der Waals surface area contributed by atoms with E-state index in [1.165, 1.54) is 0 Å². The van der Waals surface area contributed by atoms with Crippen LogP contribution in [0.4, 0.5) is 0 Å². The second-order valence-electron chi connectivity index (χ2n) is 4.93. The number of carbonyl (C=O) groups excluding carboxylic acids is 2. The smallest absolute Gasteiger partial charge is 0.237 e. The van der Waals surface area contributed by atoms with Gasteiger partial charge in [0.05, 0.1) is 12.6 Å². The third-order valence-electron chi connectivity index (χ3n) is 3.21. The molecule has 0 aromatic rings. The highest BCUT2D eigenvalue weighted by Crippen LogP contribution is 2.12. The molecule has 0 bridgehead atoms. The van der Waals surface area contributed by atoms with E-state index in [1.54, 1.807) is 7.11 Å². The van der Waals surface area contributed by atoms with Gasteiger partial charge in [0.25, 0.3) is 0 Å². The van der Waals surface area contributed by atoms with Crippen molar-refractivity contribution in [3.8, 4) is 0 Å². The molecule has 2 atom stereocenters. The lowest BCUT2D eigenvalue weighted by Crippen LogP contribution is -2.50. The highest BCUT2D eigenvalue weighted by Gasteiger charge is 2.23. The fraction of sp³-hybridized carbons (Fsp3) is 0.846. The van der Waals surface area contributed by atoms with E-state index in [-0.39, 0.29) is 17.9 Å². The van der Waals surface area contributed by atoms with Crippen molar-refractivity contribution in [3.63, 3.8) is 0 Å². The fourth-order valence-electron chi connectivity index (χ4n) is 2.15. The molecule has 2 unspecified atom stereocenters. The number of methoxy groups -OCH3 is 1. The van der Waals surface area contributed by atoms with Crippen LogP contribution in [-0.2, 0) is 14.3 Å². The highest BCUT2D eigenvalue weighted by atomic mass is 16.5. The van der Waals surface area contributed by atoms with Crippen LogP contribution < -0.4 is 16.0 Å². The van der Waals surface area contributed by atoms with E-state index >= 15 is 0 Å². The lowest BCUT2D eigenvalue weighted by Gasteiger charge is -2.27. The van der Waals surface area contributed by atoms with E-state index in [0.717, 1.165) is 19.3 Å². The second kappa shape index (κ2) is 8.87. The first-order valence-corrected chi connectivity index (χ1v) is 6.93. The summed E-state index contributed by atoms with van der Waals surface area (Å²) in [5.41, 5.74) is 0. The van der Waals surface area contributed by atoms with E-state index in [2.05, 4.69) is 22.9 Å². The summed E-state index contributed by atoms with van der Waals surface area (Å²) in [6.07, 6.45) is 3.36. The zero-order chi connectivity index (χ0) is 14.1. The monoisotopic (exact) mass is 271 g/mol. The van der Waals surface area contributed by atoms with Crippen LogP contribution in [0.1, 0.15) is 32.6 Å². The summed E-state index contributed by atoms with van der Waals surface area (Å²) < 4.78 is 4.83. The summed E-state index contributed by atoms with van der Waals surface area (Å²) in [4.78, 5) is 23.3. The summed E-state index contributed by atoms with van der Waals surface area (Å²) in [7, 11) is 1.59. The molecule has 1 aliphatic rings. The van der Waals surface area contributed by atoms with Crippen LogP contribution in [0.3, 0.4) is 0 Å². The minimum absolute atomic E-state index is 0.00348. The lowest BCUT2D eigenvalue weighted by atomic mass is 9.99. The summed E-state index contributed by atoms with van der Waals surface area (Å²) in [6, 6.07) is 0.280. The molecule has 6 heteroatoms. The standard InChI is InChI=1S/C13H25N3O3/c1-10-4-3-5-11(16-10)13(18)15-7-6-12(17)14-8-9-19-2/h10-11,16H,3-9H2,1-2H3,(H,14,17)(H,15,18). The number of hydrogen-bond acceptors (Lipinski definition) is 4. The van der Waals surface area contributed by atoms with Gasteiger partial charge in [0.1, 0.15) is 0 Å². The van der Waals surface area contributed by atoms with Crippen LogP contribution in [-0.4, -0.2) is 50.7 Å². The molecule has 3 N–H and O–H groups in total. The molecule has 1 heterocycles. The molecule has 1 saturated heterocycles. The Kier molecular flexibility index (Phi) is 7.43. The zero-order valence-electron chi connectivity index (χ0n) is 11.8. The van der Waals surface area contributed by atoms with Gasteiger partial charge in [-0.3, -0.25) is 9.59 Å². The summed E-state index contributed by atoms with van der Waals surface area (Å²) >= 11 is 0. The molecule has 6 nitrogen and oxygen atoms in total. The maximum Gasteiger partial charge on any atom is 0.237 e. The Hall–Kier alpha value is -1.14. The number of ether oxygens (including phenoxy) is 1. The van der Waals surface area contributed by atoms with Gasteiger partial charge < -0.3 is 20.7 Å². The largest absolute Gasteiger partial charge is 0.383 e.